The van der Waals surface area contributed by atoms with Crippen LogP contribution in [0.4, 0.5) is 13.2 Å². The molecule has 0 radical (unpaired) electrons. The van der Waals surface area contributed by atoms with Gasteiger partial charge in [0.15, 0.2) is 5.69 Å². The Hall–Kier alpha value is -1.53. The zero-order valence-electron chi connectivity index (χ0n) is 9.08. The van der Waals surface area contributed by atoms with Gasteiger partial charge in [-0.1, -0.05) is 23.7 Å². The summed E-state index contributed by atoms with van der Waals surface area (Å²) in [5.74, 6) is 0. The molecule has 0 amide bonds. The molecule has 0 fully saturated rings. The van der Waals surface area contributed by atoms with Crippen molar-refractivity contribution in [1.82, 2.24) is 9.78 Å². The van der Waals surface area contributed by atoms with E-state index < -0.39 is 22.7 Å². The molecule has 8 heteroatoms. The van der Waals surface area contributed by atoms with E-state index in [1.54, 1.807) is 6.07 Å². The van der Waals surface area contributed by atoms with Crippen LogP contribution in [-0.2, 0) is 6.18 Å². The van der Waals surface area contributed by atoms with Crippen molar-refractivity contribution in [1.29, 1.82) is 0 Å². The number of carbonyl (C=O) groups is 1. The van der Waals surface area contributed by atoms with Crippen LogP contribution in [0.25, 0.3) is 5.69 Å². The molecule has 19 heavy (non-hydrogen) atoms. The maximum Gasteiger partial charge on any atom is 0.434 e. The van der Waals surface area contributed by atoms with Gasteiger partial charge in [0.1, 0.15) is 0 Å². The molecule has 0 aliphatic heterocycles. The Bertz CT molecular complexity index is 637. The van der Waals surface area contributed by atoms with Crippen molar-refractivity contribution >= 4 is 28.4 Å². The summed E-state index contributed by atoms with van der Waals surface area (Å²) >= 11 is 11.0. The van der Waals surface area contributed by atoms with Crippen LogP contribution in [0.3, 0.4) is 0 Å². The highest BCUT2D eigenvalue weighted by Gasteiger charge is 2.40. The van der Waals surface area contributed by atoms with Gasteiger partial charge in [-0.3, -0.25) is 4.79 Å². The first kappa shape index (κ1) is 13.9. The van der Waals surface area contributed by atoms with Crippen molar-refractivity contribution in [3.63, 3.8) is 0 Å². The Morgan fingerprint density at radius 1 is 1.26 bits per heavy atom. The summed E-state index contributed by atoms with van der Waals surface area (Å²) in [6, 6.07) is 5.84. The van der Waals surface area contributed by atoms with E-state index in [0.29, 0.717) is 4.68 Å². The van der Waals surface area contributed by atoms with E-state index in [1.165, 1.54) is 18.2 Å². The molecule has 0 aliphatic rings. The second-order valence-electron chi connectivity index (χ2n) is 3.54. The number of para-hydroxylation sites is 1. The van der Waals surface area contributed by atoms with Crippen LogP contribution >= 0.6 is 23.2 Å². The molecule has 3 nitrogen and oxygen atoms in total. The monoisotopic (exact) mass is 308 g/mol. The van der Waals surface area contributed by atoms with E-state index in [1.807, 2.05) is 0 Å². The molecule has 0 saturated carbocycles. The molecular formula is C11H5Cl2F3N2O. The number of aromatic nitrogens is 2. The van der Waals surface area contributed by atoms with Gasteiger partial charge in [0, 0.05) is 0 Å². The molecule has 100 valence electrons. The van der Waals surface area contributed by atoms with Gasteiger partial charge in [0.25, 0.3) is 5.24 Å². The van der Waals surface area contributed by atoms with E-state index in [4.69, 9.17) is 23.2 Å². The lowest BCUT2D eigenvalue weighted by molar-refractivity contribution is -0.143. The SMILES string of the molecule is O=C(Cl)c1cnn(-c2ccccc2Cl)c1C(F)(F)F. The molecule has 0 N–H and O–H groups in total. The lowest BCUT2D eigenvalue weighted by Gasteiger charge is -2.12. The van der Waals surface area contributed by atoms with Gasteiger partial charge >= 0.3 is 6.18 Å². The quantitative estimate of drug-likeness (QED) is 0.788. The summed E-state index contributed by atoms with van der Waals surface area (Å²) in [4.78, 5) is 11.0. The minimum absolute atomic E-state index is 0.0145. The maximum atomic E-state index is 13.0. The highest BCUT2D eigenvalue weighted by molar-refractivity contribution is 6.67. The number of nitrogens with zero attached hydrogens (tertiary/aromatic N) is 2. The Morgan fingerprint density at radius 3 is 2.42 bits per heavy atom. The molecule has 2 aromatic rings. The molecule has 0 aliphatic carbocycles. The Morgan fingerprint density at radius 2 is 1.89 bits per heavy atom. The Labute approximate surface area is 115 Å². The van der Waals surface area contributed by atoms with Crippen molar-refractivity contribution in [2.45, 2.75) is 6.18 Å². The van der Waals surface area contributed by atoms with Gasteiger partial charge in [-0.05, 0) is 23.7 Å². The average Bonchev–Trinajstić information content (AvgIpc) is 2.73. The number of hydrogen-bond acceptors (Lipinski definition) is 2. The molecule has 2 rings (SSSR count). The molecule has 1 aromatic heterocycles. The standard InChI is InChI=1S/C11H5Cl2F3N2O/c12-7-3-1-2-4-8(7)18-9(11(14,15)16)6(5-17-18)10(13)19/h1-5H. The van der Waals surface area contributed by atoms with Crippen LogP contribution < -0.4 is 0 Å². The number of carbonyl (C=O) groups excluding carboxylic acids is 1. The Balaban J connectivity index is 2.73. The predicted molar refractivity (Wildman–Crippen MR) is 63.8 cm³/mol. The van der Waals surface area contributed by atoms with Crippen molar-refractivity contribution in [3.8, 4) is 5.69 Å². The molecule has 0 spiro atoms. The second-order valence-corrected chi connectivity index (χ2v) is 4.29. The van der Waals surface area contributed by atoms with Crippen molar-refractivity contribution in [3.05, 3.63) is 46.7 Å². The van der Waals surface area contributed by atoms with Crippen LogP contribution in [0.15, 0.2) is 30.5 Å². The number of rotatable bonds is 2. The summed E-state index contributed by atoms with van der Waals surface area (Å²) in [5.41, 5.74) is -1.95. The third-order valence-corrected chi connectivity index (χ3v) is 2.85. The first-order valence-corrected chi connectivity index (χ1v) is 5.68. The fourth-order valence-electron chi connectivity index (χ4n) is 1.57. The zero-order chi connectivity index (χ0) is 14.2. The molecule has 1 aromatic carbocycles. The summed E-state index contributed by atoms with van der Waals surface area (Å²) in [5, 5.41) is 2.38. The second kappa shape index (κ2) is 4.86. The van der Waals surface area contributed by atoms with Gasteiger partial charge in [0.05, 0.1) is 22.5 Å². The highest BCUT2D eigenvalue weighted by atomic mass is 35.5. The van der Waals surface area contributed by atoms with Crippen LogP contribution in [0.5, 0.6) is 0 Å². The third-order valence-electron chi connectivity index (χ3n) is 2.33. The minimum Gasteiger partial charge on any atom is -0.275 e. The van der Waals surface area contributed by atoms with Crippen LogP contribution in [0, 0.1) is 0 Å². The summed E-state index contributed by atoms with van der Waals surface area (Å²) in [6.45, 7) is 0. The lowest BCUT2D eigenvalue weighted by Crippen LogP contribution is -2.16. The zero-order valence-corrected chi connectivity index (χ0v) is 10.6. The van der Waals surface area contributed by atoms with E-state index in [2.05, 4.69) is 5.10 Å². The van der Waals surface area contributed by atoms with Gasteiger partial charge in [-0.15, -0.1) is 0 Å². The first-order valence-electron chi connectivity index (χ1n) is 4.92. The van der Waals surface area contributed by atoms with E-state index in [0.717, 1.165) is 6.20 Å². The molecule has 0 atom stereocenters. The molecule has 0 unspecified atom stereocenters. The molecule has 1 heterocycles. The van der Waals surface area contributed by atoms with E-state index in [9.17, 15) is 18.0 Å². The number of halogens is 5. The predicted octanol–water partition coefficient (Wildman–Crippen LogP) is 3.92. The summed E-state index contributed by atoms with van der Waals surface area (Å²) in [7, 11) is 0. The van der Waals surface area contributed by atoms with Gasteiger partial charge in [-0.2, -0.15) is 18.3 Å². The summed E-state index contributed by atoms with van der Waals surface area (Å²) < 4.78 is 39.6. The number of hydrogen-bond donors (Lipinski definition) is 0. The lowest BCUT2D eigenvalue weighted by atomic mass is 10.2. The molecule has 0 saturated heterocycles. The third kappa shape index (κ3) is 2.59. The van der Waals surface area contributed by atoms with Crippen LogP contribution in [-0.4, -0.2) is 15.0 Å². The van der Waals surface area contributed by atoms with E-state index >= 15 is 0 Å². The van der Waals surface area contributed by atoms with Crippen molar-refractivity contribution < 1.29 is 18.0 Å². The highest BCUT2D eigenvalue weighted by Crippen LogP contribution is 2.35. The fraction of sp³-hybridized carbons (Fsp3) is 0.0909. The molecular weight excluding hydrogens is 304 g/mol. The van der Waals surface area contributed by atoms with Gasteiger partial charge in [-0.25, -0.2) is 4.68 Å². The van der Waals surface area contributed by atoms with E-state index in [-0.39, 0.29) is 10.7 Å². The van der Waals surface area contributed by atoms with Crippen molar-refractivity contribution in [2.75, 3.05) is 0 Å². The van der Waals surface area contributed by atoms with Crippen molar-refractivity contribution in [2.24, 2.45) is 0 Å². The number of alkyl halides is 3. The Kier molecular flexibility index (Phi) is 3.56. The normalized spacial score (nSPS) is 11.6. The topological polar surface area (TPSA) is 34.9 Å². The number of benzene rings is 1. The fourth-order valence-corrected chi connectivity index (χ4v) is 1.93. The first-order chi connectivity index (χ1) is 8.82. The minimum atomic E-state index is -4.78. The van der Waals surface area contributed by atoms with Gasteiger partial charge < -0.3 is 0 Å². The van der Waals surface area contributed by atoms with Crippen LogP contribution in [0.1, 0.15) is 16.1 Å². The van der Waals surface area contributed by atoms with Crippen LogP contribution in [0.2, 0.25) is 5.02 Å². The molecule has 0 bridgehead atoms. The maximum absolute atomic E-state index is 13.0. The largest absolute Gasteiger partial charge is 0.434 e. The van der Waals surface area contributed by atoms with Gasteiger partial charge in [0.2, 0.25) is 0 Å². The summed E-state index contributed by atoms with van der Waals surface area (Å²) in [6.07, 6.45) is -4.02. The average molecular weight is 309 g/mol. The smallest absolute Gasteiger partial charge is 0.275 e.